The molecule has 0 spiro atoms. The Hall–Kier alpha value is -5.06. The quantitative estimate of drug-likeness (QED) is 0.247. The molecule has 1 amide bonds. The van der Waals surface area contributed by atoms with Crippen molar-refractivity contribution < 1.29 is 13.6 Å². The number of anilines is 1. The molecule has 1 fully saturated rings. The largest absolute Gasteiger partial charge is 0.324 e. The predicted molar refractivity (Wildman–Crippen MR) is 146 cm³/mol. The molecular formula is C29H22F2N8O. The standard InChI is InChI=1S/C29H22F2N8O/c30-21-8-4-3-7-18(21)19-9-10-33-27-24(19)36-28(37-27)25-22-23(31)20(14-34-26(22)39-38-25)16-11-17(13-32-12-16)35-29(40)15-5-1-2-6-15/h3-4,7-15H,1-2,5-6H2,(H,35,40)(H,33,36,37)(H,34,38,39). The van der Waals surface area contributed by atoms with Gasteiger partial charge in [0.1, 0.15) is 22.8 Å². The fraction of sp³-hybridized carbons (Fsp3) is 0.172. The second-order valence-electron chi connectivity index (χ2n) is 9.84. The maximum absolute atomic E-state index is 16.1. The molecule has 3 N–H and O–H groups in total. The number of amides is 1. The Morgan fingerprint density at radius 2 is 1.80 bits per heavy atom. The molecule has 1 aromatic carbocycles. The lowest BCUT2D eigenvalue weighted by atomic mass is 10.1. The lowest BCUT2D eigenvalue weighted by molar-refractivity contribution is -0.119. The second kappa shape index (κ2) is 9.60. The van der Waals surface area contributed by atoms with Crippen LogP contribution in [0.5, 0.6) is 0 Å². The van der Waals surface area contributed by atoms with Crippen molar-refractivity contribution in [3.8, 4) is 33.8 Å². The van der Waals surface area contributed by atoms with Crippen LogP contribution < -0.4 is 5.32 Å². The van der Waals surface area contributed by atoms with Gasteiger partial charge in [0.25, 0.3) is 0 Å². The molecule has 40 heavy (non-hydrogen) atoms. The smallest absolute Gasteiger partial charge is 0.227 e. The number of halogens is 2. The minimum atomic E-state index is -0.572. The Balaban J connectivity index is 1.29. The van der Waals surface area contributed by atoms with Gasteiger partial charge >= 0.3 is 0 Å². The van der Waals surface area contributed by atoms with E-state index in [2.05, 4.69) is 40.4 Å². The van der Waals surface area contributed by atoms with Crippen molar-refractivity contribution in [3.63, 3.8) is 0 Å². The Kier molecular flexibility index (Phi) is 5.76. The third-order valence-corrected chi connectivity index (χ3v) is 7.34. The Bertz CT molecular complexity index is 1910. The lowest BCUT2D eigenvalue weighted by Gasteiger charge is -2.11. The third-order valence-electron chi connectivity index (χ3n) is 7.34. The first kappa shape index (κ1) is 24.0. The SMILES string of the molecule is O=C(Nc1cncc(-c2cnc3[nH]nc(-c4nc5c(-c6ccccc6F)ccnc5[nH]4)c3c2F)c1)C1CCCC1. The molecule has 0 radical (unpaired) electrons. The normalized spacial score (nSPS) is 13.8. The van der Waals surface area contributed by atoms with Crippen LogP contribution in [0, 0.1) is 17.6 Å². The number of hydrogen-bond acceptors (Lipinski definition) is 6. The monoisotopic (exact) mass is 536 g/mol. The van der Waals surface area contributed by atoms with Crippen LogP contribution in [0.3, 0.4) is 0 Å². The van der Waals surface area contributed by atoms with E-state index in [0.717, 1.165) is 25.7 Å². The number of aromatic amines is 2. The molecule has 0 aliphatic heterocycles. The number of imidazole rings is 1. The number of fused-ring (bicyclic) bond motifs is 2. The molecule has 6 aromatic rings. The van der Waals surface area contributed by atoms with Gasteiger partial charge in [0, 0.05) is 46.8 Å². The Morgan fingerprint density at radius 1 is 0.950 bits per heavy atom. The van der Waals surface area contributed by atoms with Crippen molar-refractivity contribution in [1.82, 2.24) is 35.1 Å². The zero-order chi connectivity index (χ0) is 27.2. The summed E-state index contributed by atoms with van der Waals surface area (Å²) in [7, 11) is 0. The first-order valence-corrected chi connectivity index (χ1v) is 13.0. The summed E-state index contributed by atoms with van der Waals surface area (Å²) < 4.78 is 30.7. The van der Waals surface area contributed by atoms with Gasteiger partial charge in [-0.05, 0) is 31.0 Å². The van der Waals surface area contributed by atoms with Gasteiger partial charge in [0.15, 0.2) is 17.1 Å². The van der Waals surface area contributed by atoms with Crippen molar-refractivity contribution in [2.24, 2.45) is 5.92 Å². The van der Waals surface area contributed by atoms with E-state index >= 15 is 4.39 Å². The number of nitrogens with zero attached hydrogens (tertiary/aromatic N) is 5. The van der Waals surface area contributed by atoms with E-state index in [4.69, 9.17) is 0 Å². The zero-order valence-electron chi connectivity index (χ0n) is 21.1. The van der Waals surface area contributed by atoms with Crippen molar-refractivity contribution in [1.29, 1.82) is 0 Å². The van der Waals surface area contributed by atoms with E-state index in [0.29, 0.717) is 33.5 Å². The Labute approximate surface area is 226 Å². The molecule has 0 saturated heterocycles. The average molecular weight is 537 g/mol. The summed E-state index contributed by atoms with van der Waals surface area (Å²) in [6, 6.07) is 9.76. The minimum Gasteiger partial charge on any atom is -0.324 e. The highest BCUT2D eigenvalue weighted by Crippen LogP contribution is 2.35. The van der Waals surface area contributed by atoms with Crippen molar-refractivity contribution in [2.75, 3.05) is 5.32 Å². The molecule has 5 aromatic heterocycles. The van der Waals surface area contributed by atoms with Crippen LogP contribution in [0.4, 0.5) is 14.5 Å². The van der Waals surface area contributed by atoms with E-state index < -0.39 is 5.82 Å². The van der Waals surface area contributed by atoms with E-state index in [1.807, 2.05) is 0 Å². The van der Waals surface area contributed by atoms with Gasteiger partial charge < -0.3 is 10.3 Å². The summed E-state index contributed by atoms with van der Waals surface area (Å²) in [6.45, 7) is 0. The fourth-order valence-corrected chi connectivity index (χ4v) is 5.33. The van der Waals surface area contributed by atoms with E-state index in [1.165, 1.54) is 24.7 Å². The average Bonchev–Trinajstić information content (AvgIpc) is 3.73. The lowest BCUT2D eigenvalue weighted by Crippen LogP contribution is -2.20. The molecular weight excluding hydrogens is 514 g/mol. The van der Waals surface area contributed by atoms with Gasteiger partial charge in [0.2, 0.25) is 5.91 Å². The first-order valence-electron chi connectivity index (χ1n) is 13.0. The van der Waals surface area contributed by atoms with Gasteiger partial charge in [-0.3, -0.25) is 14.9 Å². The highest BCUT2D eigenvalue weighted by Gasteiger charge is 2.24. The van der Waals surface area contributed by atoms with Crippen LogP contribution in [0.15, 0.2) is 61.2 Å². The highest BCUT2D eigenvalue weighted by molar-refractivity contribution is 5.97. The summed E-state index contributed by atoms with van der Waals surface area (Å²) in [6.07, 6.45) is 9.85. The van der Waals surface area contributed by atoms with Crippen LogP contribution in [-0.4, -0.2) is 41.0 Å². The molecule has 0 unspecified atom stereocenters. The number of aromatic nitrogens is 7. The van der Waals surface area contributed by atoms with Gasteiger partial charge in [0.05, 0.1) is 17.3 Å². The summed E-state index contributed by atoms with van der Waals surface area (Å²) in [5.74, 6) is -0.761. The predicted octanol–water partition coefficient (Wildman–Crippen LogP) is 6.03. The maximum Gasteiger partial charge on any atom is 0.227 e. The number of carbonyl (C=O) groups excluding carboxylic acids is 1. The number of rotatable bonds is 5. The molecule has 0 bridgehead atoms. The fourth-order valence-electron chi connectivity index (χ4n) is 5.33. The van der Waals surface area contributed by atoms with Crippen LogP contribution >= 0.6 is 0 Å². The van der Waals surface area contributed by atoms with Crippen molar-refractivity contribution in [2.45, 2.75) is 25.7 Å². The van der Waals surface area contributed by atoms with E-state index in [1.54, 1.807) is 36.5 Å². The molecule has 198 valence electrons. The minimum absolute atomic E-state index is 0.0101. The molecule has 1 aliphatic rings. The van der Waals surface area contributed by atoms with Crippen LogP contribution in [0.25, 0.3) is 56.0 Å². The molecule has 0 atom stereocenters. The van der Waals surface area contributed by atoms with Crippen LogP contribution in [-0.2, 0) is 4.79 Å². The highest BCUT2D eigenvalue weighted by atomic mass is 19.1. The summed E-state index contributed by atoms with van der Waals surface area (Å²) in [5.41, 5.74) is 3.34. The first-order chi connectivity index (χ1) is 19.6. The topological polar surface area (TPSA) is 125 Å². The molecule has 1 aliphatic carbocycles. The Morgan fingerprint density at radius 3 is 2.65 bits per heavy atom. The molecule has 1 saturated carbocycles. The number of pyridine rings is 3. The number of carbonyl (C=O) groups is 1. The van der Waals surface area contributed by atoms with Gasteiger partial charge in [-0.1, -0.05) is 31.0 Å². The number of hydrogen-bond donors (Lipinski definition) is 3. The van der Waals surface area contributed by atoms with Gasteiger partial charge in [-0.2, -0.15) is 5.10 Å². The van der Waals surface area contributed by atoms with Gasteiger partial charge in [-0.15, -0.1) is 0 Å². The molecule has 7 rings (SSSR count). The van der Waals surface area contributed by atoms with E-state index in [9.17, 15) is 9.18 Å². The number of benzene rings is 1. The zero-order valence-corrected chi connectivity index (χ0v) is 21.1. The summed E-state index contributed by atoms with van der Waals surface area (Å²) in [5, 5.41) is 10.1. The molecule has 9 nitrogen and oxygen atoms in total. The number of H-pyrrole nitrogens is 2. The van der Waals surface area contributed by atoms with Gasteiger partial charge in [-0.25, -0.2) is 23.7 Å². The molecule has 5 heterocycles. The molecule has 11 heteroatoms. The third kappa shape index (κ3) is 4.06. The maximum atomic E-state index is 16.1. The number of nitrogens with one attached hydrogen (secondary N) is 3. The van der Waals surface area contributed by atoms with Crippen molar-refractivity contribution in [3.05, 3.63) is 72.8 Å². The summed E-state index contributed by atoms with van der Waals surface area (Å²) >= 11 is 0. The van der Waals surface area contributed by atoms with E-state index in [-0.39, 0.29) is 45.8 Å². The van der Waals surface area contributed by atoms with Crippen molar-refractivity contribution >= 4 is 33.8 Å². The van der Waals surface area contributed by atoms with Crippen LogP contribution in [0.2, 0.25) is 0 Å². The summed E-state index contributed by atoms with van der Waals surface area (Å²) in [4.78, 5) is 33.2. The second-order valence-corrected chi connectivity index (χ2v) is 9.84. The van der Waals surface area contributed by atoms with Crippen LogP contribution in [0.1, 0.15) is 25.7 Å².